The second-order valence-corrected chi connectivity index (χ2v) is 6.33. The summed E-state index contributed by atoms with van der Waals surface area (Å²) < 4.78 is 6.21. The summed E-state index contributed by atoms with van der Waals surface area (Å²) in [7, 11) is 0. The van der Waals surface area contributed by atoms with Crippen LogP contribution in [0.25, 0.3) is 0 Å². The zero-order valence-corrected chi connectivity index (χ0v) is 11.2. The molecule has 84 valence electrons. The van der Waals surface area contributed by atoms with Gasteiger partial charge in [0.15, 0.2) is 5.13 Å². The van der Waals surface area contributed by atoms with Gasteiger partial charge in [-0.15, -0.1) is 0 Å². The predicted octanol–water partition coefficient (Wildman–Crippen LogP) is 2.66. The zero-order chi connectivity index (χ0) is 11.5. The molecule has 1 amide bonds. The highest BCUT2D eigenvalue weighted by Crippen LogP contribution is 2.22. The van der Waals surface area contributed by atoms with Gasteiger partial charge in [0.05, 0.1) is 15.6 Å². The van der Waals surface area contributed by atoms with Crippen LogP contribution in [0.3, 0.4) is 0 Å². The molecule has 0 spiro atoms. The average molecular weight is 293 g/mol. The summed E-state index contributed by atoms with van der Waals surface area (Å²) in [5.41, 5.74) is -0.305. The smallest absolute Gasteiger partial charge is 0.252 e. The SMILES string of the molecule is CC(C)(C)OCC(=O)Nc1ncc(Br)s1. The fourth-order valence-electron chi connectivity index (χ4n) is 0.750. The number of thiazole rings is 1. The largest absolute Gasteiger partial charge is 0.366 e. The van der Waals surface area contributed by atoms with Crippen LogP contribution in [0.2, 0.25) is 0 Å². The lowest BCUT2D eigenvalue weighted by atomic mass is 10.2. The molecule has 0 aliphatic carbocycles. The highest BCUT2D eigenvalue weighted by molar-refractivity contribution is 9.11. The van der Waals surface area contributed by atoms with Crippen molar-refractivity contribution < 1.29 is 9.53 Å². The number of nitrogens with one attached hydrogen (secondary N) is 1. The third-order valence-corrected chi connectivity index (χ3v) is 2.75. The minimum absolute atomic E-state index is 0.0424. The van der Waals surface area contributed by atoms with Gasteiger partial charge in [-0.3, -0.25) is 10.1 Å². The maximum Gasteiger partial charge on any atom is 0.252 e. The molecule has 0 atom stereocenters. The number of rotatable bonds is 3. The van der Waals surface area contributed by atoms with E-state index in [-0.39, 0.29) is 18.1 Å². The number of hydrogen-bond acceptors (Lipinski definition) is 4. The lowest BCUT2D eigenvalue weighted by molar-refractivity contribution is -0.125. The summed E-state index contributed by atoms with van der Waals surface area (Å²) in [6.07, 6.45) is 1.64. The summed E-state index contributed by atoms with van der Waals surface area (Å²) in [5, 5.41) is 3.22. The molecule has 0 aliphatic rings. The van der Waals surface area contributed by atoms with Crippen molar-refractivity contribution in [2.24, 2.45) is 0 Å². The number of carbonyl (C=O) groups excluding carboxylic acids is 1. The van der Waals surface area contributed by atoms with Gasteiger partial charge in [0.1, 0.15) is 6.61 Å². The number of anilines is 1. The van der Waals surface area contributed by atoms with Gasteiger partial charge in [-0.05, 0) is 36.7 Å². The first-order valence-electron chi connectivity index (χ1n) is 4.42. The molecule has 1 heterocycles. The average Bonchev–Trinajstić information content (AvgIpc) is 2.47. The van der Waals surface area contributed by atoms with Crippen molar-refractivity contribution in [1.82, 2.24) is 4.98 Å². The van der Waals surface area contributed by atoms with Crippen LogP contribution in [-0.4, -0.2) is 23.1 Å². The van der Waals surface area contributed by atoms with E-state index in [4.69, 9.17) is 4.74 Å². The first kappa shape index (κ1) is 12.6. The van der Waals surface area contributed by atoms with Crippen LogP contribution in [0.4, 0.5) is 5.13 Å². The molecule has 0 saturated carbocycles. The molecule has 0 aromatic carbocycles. The van der Waals surface area contributed by atoms with Crippen molar-refractivity contribution >= 4 is 38.3 Å². The van der Waals surface area contributed by atoms with Crippen LogP contribution in [0.1, 0.15) is 20.8 Å². The Morgan fingerprint density at radius 2 is 2.33 bits per heavy atom. The van der Waals surface area contributed by atoms with Crippen molar-refractivity contribution in [2.45, 2.75) is 26.4 Å². The van der Waals surface area contributed by atoms with E-state index in [1.807, 2.05) is 20.8 Å². The molecule has 1 aromatic rings. The zero-order valence-electron chi connectivity index (χ0n) is 8.83. The molecular weight excluding hydrogens is 280 g/mol. The van der Waals surface area contributed by atoms with Crippen LogP contribution in [0.5, 0.6) is 0 Å². The van der Waals surface area contributed by atoms with Crippen LogP contribution < -0.4 is 5.32 Å². The molecule has 0 bridgehead atoms. The van der Waals surface area contributed by atoms with Gasteiger partial charge in [0.25, 0.3) is 5.91 Å². The van der Waals surface area contributed by atoms with Gasteiger partial charge in [0, 0.05) is 0 Å². The first-order chi connectivity index (χ1) is 6.87. The molecule has 0 unspecified atom stereocenters. The topological polar surface area (TPSA) is 51.2 Å². The second kappa shape index (κ2) is 5.05. The molecule has 0 aliphatic heterocycles. The fraction of sp³-hybridized carbons (Fsp3) is 0.556. The lowest BCUT2D eigenvalue weighted by Crippen LogP contribution is -2.27. The van der Waals surface area contributed by atoms with Gasteiger partial charge in [0.2, 0.25) is 0 Å². The predicted molar refractivity (Wildman–Crippen MR) is 64.1 cm³/mol. The van der Waals surface area contributed by atoms with Gasteiger partial charge in [-0.1, -0.05) is 11.3 Å². The normalized spacial score (nSPS) is 11.5. The number of carbonyl (C=O) groups is 1. The maximum atomic E-state index is 11.4. The number of ether oxygens (including phenoxy) is 1. The minimum atomic E-state index is -0.305. The number of aromatic nitrogens is 1. The Hall–Kier alpha value is -0.460. The third-order valence-electron chi connectivity index (χ3n) is 1.36. The quantitative estimate of drug-likeness (QED) is 0.932. The van der Waals surface area contributed by atoms with E-state index in [1.54, 1.807) is 6.20 Å². The van der Waals surface area contributed by atoms with E-state index < -0.39 is 0 Å². The highest BCUT2D eigenvalue weighted by Gasteiger charge is 2.13. The Bertz CT molecular complexity index is 346. The Morgan fingerprint density at radius 3 is 2.80 bits per heavy atom. The molecule has 4 nitrogen and oxygen atoms in total. The van der Waals surface area contributed by atoms with Crippen LogP contribution >= 0.6 is 27.3 Å². The van der Waals surface area contributed by atoms with Crippen molar-refractivity contribution in [3.05, 3.63) is 9.98 Å². The van der Waals surface area contributed by atoms with E-state index in [0.717, 1.165) is 3.79 Å². The van der Waals surface area contributed by atoms with Crippen molar-refractivity contribution in [2.75, 3.05) is 11.9 Å². The summed E-state index contributed by atoms with van der Waals surface area (Å²) in [6, 6.07) is 0. The van der Waals surface area contributed by atoms with Crippen LogP contribution in [-0.2, 0) is 9.53 Å². The molecular formula is C9H13BrN2O2S. The monoisotopic (exact) mass is 292 g/mol. The minimum Gasteiger partial charge on any atom is -0.366 e. The summed E-state index contributed by atoms with van der Waals surface area (Å²) >= 11 is 4.63. The first-order valence-corrected chi connectivity index (χ1v) is 6.03. The van der Waals surface area contributed by atoms with E-state index in [9.17, 15) is 4.79 Å². The van der Waals surface area contributed by atoms with Crippen LogP contribution in [0.15, 0.2) is 9.98 Å². The van der Waals surface area contributed by atoms with Gasteiger partial charge in [-0.25, -0.2) is 4.98 Å². The lowest BCUT2D eigenvalue weighted by Gasteiger charge is -2.18. The molecule has 15 heavy (non-hydrogen) atoms. The summed E-state index contributed by atoms with van der Waals surface area (Å²) in [5.74, 6) is -0.188. The third kappa shape index (κ3) is 5.25. The summed E-state index contributed by atoms with van der Waals surface area (Å²) in [4.78, 5) is 15.4. The standard InChI is InChI=1S/C9H13BrN2O2S/c1-9(2,3)14-5-7(13)12-8-11-4-6(10)15-8/h4H,5H2,1-3H3,(H,11,12,13). The molecule has 0 fully saturated rings. The van der Waals surface area contributed by atoms with Crippen molar-refractivity contribution in [1.29, 1.82) is 0 Å². The van der Waals surface area contributed by atoms with Gasteiger partial charge < -0.3 is 4.74 Å². The van der Waals surface area contributed by atoms with Gasteiger partial charge in [-0.2, -0.15) is 0 Å². The number of amides is 1. The van der Waals surface area contributed by atoms with Gasteiger partial charge >= 0.3 is 0 Å². The fourth-order valence-corrected chi connectivity index (χ4v) is 1.87. The molecule has 0 radical (unpaired) electrons. The molecule has 1 N–H and O–H groups in total. The Kier molecular flexibility index (Phi) is 4.24. The van der Waals surface area contributed by atoms with E-state index >= 15 is 0 Å². The second-order valence-electron chi connectivity index (χ2n) is 3.92. The maximum absolute atomic E-state index is 11.4. The molecule has 6 heteroatoms. The van der Waals surface area contributed by atoms with Crippen LogP contribution in [0, 0.1) is 0 Å². The number of hydrogen-bond donors (Lipinski definition) is 1. The summed E-state index contributed by atoms with van der Waals surface area (Å²) in [6.45, 7) is 5.75. The number of halogens is 1. The van der Waals surface area contributed by atoms with Crippen molar-refractivity contribution in [3.63, 3.8) is 0 Å². The highest BCUT2D eigenvalue weighted by atomic mass is 79.9. The number of nitrogens with zero attached hydrogens (tertiary/aromatic N) is 1. The molecule has 1 aromatic heterocycles. The Balaban J connectivity index is 2.37. The van der Waals surface area contributed by atoms with Crippen molar-refractivity contribution in [3.8, 4) is 0 Å². The Labute approximate surface area is 101 Å². The van der Waals surface area contributed by atoms with E-state index in [0.29, 0.717) is 5.13 Å². The van der Waals surface area contributed by atoms with E-state index in [1.165, 1.54) is 11.3 Å². The Morgan fingerprint density at radius 1 is 1.67 bits per heavy atom. The molecule has 1 rings (SSSR count). The van der Waals surface area contributed by atoms with E-state index in [2.05, 4.69) is 26.2 Å². The molecule has 0 saturated heterocycles.